The standard InChI is InChI=1S/C32H45NO7/c1-18(2)26-9-22-10-30(16-34)25-7-6-20(4)24(25)11-31(22,32(26,30)29(36)37)17-39-28-27(35)14-33(12-21(5)40-28)13-23-8-19(3)15-38-23/h8-9,15-16,18,20-22,24-25,27-28,35H,6-7,10-14,17H2,1-5H3,(H,36,37)/t20-,21-,22?,24-,25-,27+,28-,30?,31?,32+/m1/s1. The number of aldehydes is 1. The van der Waals surface area contributed by atoms with E-state index in [0.717, 1.165) is 42.4 Å². The Kier molecular flexibility index (Phi) is 6.88. The highest BCUT2D eigenvalue weighted by atomic mass is 16.7. The van der Waals surface area contributed by atoms with Crippen LogP contribution in [0.1, 0.15) is 64.7 Å². The van der Waals surface area contributed by atoms with Crippen LogP contribution in [-0.2, 0) is 25.6 Å². The van der Waals surface area contributed by atoms with Gasteiger partial charge >= 0.3 is 5.97 Å². The largest absolute Gasteiger partial charge is 0.481 e. The number of aliphatic carboxylic acids is 1. The summed E-state index contributed by atoms with van der Waals surface area (Å²) in [6.07, 6.45) is 6.16. The summed E-state index contributed by atoms with van der Waals surface area (Å²) in [6, 6.07) is 2.00. The van der Waals surface area contributed by atoms with Gasteiger partial charge in [0.2, 0.25) is 0 Å². The number of aliphatic hydroxyl groups is 1. The van der Waals surface area contributed by atoms with Gasteiger partial charge in [-0.25, -0.2) is 0 Å². The number of aryl methyl sites for hydroxylation is 1. The van der Waals surface area contributed by atoms with Gasteiger partial charge in [-0.05, 0) is 74.3 Å². The Morgan fingerprint density at radius 2 is 2.02 bits per heavy atom. The molecular formula is C32H45NO7. The molecule has 0 aromatic carbocycles. The van der Waals surface area contributed by atoms with Crippen molar-refractivity contribution in [2.24, 2.45) is 45.8 Å². The van der Waals surface area contributed by atoms with Crippen LogP contribution in [0.3, 0.4) is 0 Å². The molecule has 1 aromatic rings. The zero-order valence-electron chi connectivity index (χ0n) is 24.5. The summed E-state index contributed by atoms with van der Waals surface area (Å²) in [5.41, 5.74) is -1.02. The fourth-order valence-electron chi connectivity index (χ4n) is 10.1. The molecule has 40 heavy (non-hydrogen) atoms. The summed E-state index contributed by atoms with van der Waals surface area (Å²) < 4.78 is 18.4. The van der Waals surface area contributed by atoms with Gasteiger partial charge in [-0.2, -0.15) is 0 Å². The Morgan fingerprint density at radius 1 is 1.25 bits per heavy atom. The lowest BCUT2D eigenvalue weighted by Gasteiger charge is -2.58. The lowest BCUT2D eigenvalue weighted by molar-refractivity contribution is -0.235. The number of furan rings is 1. The summed E-state index contributed by atoms with van der Waals surface area (Å²) >= 11 is 0. The zero-order chi connectivity index (χ0) is 28.6. The predicted molar refractivity (Wildman–Crippen MR) is 147 cm³/mol. The average Bonchev–Trinajstić information content (AvgIpc) is 3.57. The summed E-state index contributed by atoms with van der Waals surface area (Å²) in [6.45, 7) is 12.0. The van der Waals surface area contributed by atoms with Gasteiger partial charge in [0.1, 0.15) is 23.6 Å². The topological polar surface area (TPSA) is 109 Å². The van der Waals surface area contributed by atoms with E-state index in [0.29, 0.717) is 32.0 Å². The molecule has 1 aromatic heterocycles. The second-order valence-corrected chi connectivity index (χ2v) is 14.0. The molecule has 8 nitrogen and oxygen atoms in total. The molecule has 0 amide bonds. The fourth-order valence-corrected chi connectivity index (χ4v) is 10.1. The van der Waals surface area contributed by atoms with Crippen LogP contribution < -0.4 is 0 Å². The fraction of sp³-hybridized carbons (Fsp3) is 0.750. The molecule has 6 rings (SSSR count). The predicted octanol–water partition coefficient (Wildman–Crippen LogP) is 4.44. The van der Waals surface area contributed by atoms with E-state index in [2.05, 4.69) is 17.9 Å². The first-order valence-electron chi connectivity index (χ1n) is 15.1. The number of hydrogen-bond donors (Lipinski definition) is 2. The van der Waals surface area contributed by atoms with Gasteiger partial charge in [-0.1, -0.05) is 38.8 Å². The number of carbonyl (C=O) groups excluding carboxylic acids is 1. The lowest BCUT2D eigenvalue weighted by Crippen LogP contribution is -2.63. The first-order chi connectivity index (χ1) is 19.0. The number of hydrogen-bond acceptors (Lipinski definition) is 7. The van der Waals surface area contributed by atoms with Gasteiger partial charge in [0, 0.05) is 18.5 Å². The second kappa shape index (κ2) is 9.79. The highest BCUT2D eigenvalue weighted by molar-refractivity contribution is 5.90. The number of carbonyl (C=O) groups is 2. The third-order valence-corrected chi connectivity index (χ3v) is 11.4. The Morgan fingerprint density at radius 3 is 2.67 bits per heavy atom. The third-order valence-electron chi connectivity index (χ3n) is 11.4. The Hall–Kier alpha value is -2.00. The van der Waals surface area contributed by atoms with E-state index in [1.54, 1.807) is 6.26 Å². The number of fused-ring (bicyclic) bond motifs is 2. The third kappa shape index (κ3) is 3.71. The number of allylic oxidation sites excluding steroid dienone is 1. The molecule has 4 fully saturated rings. The van der Waals surface area contributed by atoms with Gasteiger partial charge in [-0.15, -0.1) is 0 Å². The molecule has 4 bridgehead atoms. The molecule has 220 valence electrons. The summed E-state index contributed by atoms with van der Waals surface area (Å²) in [4.78, 5) is 29.0. The maximum absolute atomic E-state index is 13.6. The Labute approximate surface area is 237 Å². The van der Waals surface area contributed by atoms with Gasteiger partial charge < -0.3 is 28.9 Å². The number of aliphatic hydroxyl groups excluding tert-OH is 1. The number of ether oxygens (including phenoxy) is 2. The zero-order valence-corrected chi connectivity index (χ0v) is 24.5. The van der Waals surface area contributed by atoms with Crippen molar-refractivity contribution in [2.75, 3.05) is 19.7 Å². The molecule has 4 aliphatic carbocycles. The molecule has 0 radical (unpaired) electrons. The quantitative estimate of drug-likeness (QED) is 0.358. The van der Waals surface area contributed by atoms with Gasteiger partial charge in [0.05, 0.1) is 30.9 Å². The SMILES string of the molecule is Cc1coc(CN2C[C@@H](C)O[C@@H](OCC34C[C@@H]5[C@H](C)CC[C@H]5C5(C=O)CC3C=C(C(C)C)[C@@]45C(=O)O)[C@@H](O)C2)c1. The van der Waals surface area contributed by atoms with Crippen LogP contribution in [-0.4, -0.2) is 65.6 Å². The highest BCUT2D eigenvalue weighted by Gasteiger charge is 2.84. The minimum atomic E-state index is -1.30. The maximum Gasteiger partial charge on any atom is 0.315 e. The monoisotopic (exact) mass is 555 g/mol. The van der Waals surface area contributed by atoms with Crippen molar-refractivity contribution < 1.29 is 33.7 Å². The van der Waals surface area contributed by atoms with Crippen molar-refractivity contribution in [2.45, 2.75) is 85.3 Å². The van der Waals surface area contributed by atoms with E-state index in [-0.39, 0.29) is 36.4 Å². The highest BCUT2D eigenvalue weighted by Crippen LogP contribution is 2.82. The van der Waals surface area contributed by atoms with Crippen LogP contribution in [0, 0.1) is 52.8 Å². The molecule has 0 spiro atoms. The molecule has 1 aliphatic heterocycles. The van der Waals surface area contributed by atoms with Crippen LogP contribution in [0.5, 0.6) is 0 Å². The molecule has 3 unspecified atom stereocenters. The van der Waals surface area contributed by atoms with Crippen LogP contribution in [0.4, 0.5) is 0 Å². The minimum absolute atomic E-state index is 0.00835. The van der Waals surface area contributed by atoms with Gasteiger partial charge in [0.15, 0.2) is 6.29 Å². The van der Waals surface area contributed by atoms with Crippen LogP contribution in [0.25, 0.3) is 0 Å². The lowest BCUT2D eigenvalue weighted by atomic mass is 9.43. The molecular weight excluding hydrogens is 510 g/mol. The maximum atomic E-state index is 13.6. The molecule has 5 aliphatic rings. The summed E-state index contributed by atoms with van der Waals surface area (Å²) in [5.74, 6) is 0.704. The molecule has 3 saturated carbocycles. The van der Waals surface area contributed by atoms with Crippen molar-refractivity contribution in [1.29, 1.82) is 0 Å². The molecule has 1 saturated heterocycles. The first kappa shape index (κ1) is 28.1. The van der Waals surface area contributed by atoms with Gasteiger partial charge in [0.25, 0.3) is 0 Å². The number of β-amino-alcohol motifs (C(OH)–C–C–N with tert-alkyl or cyclic N) is 1. The molecule has 2 heterocycles. The number of rotatable bonds is 8. The summed E-state index contributed by atoms with van der Waals surface area (Å²) in [7, 11) is 0. The van der Waals surface area contributed by atoms with Crippen molar-refractivity contribution in [3.05, 3.63) is 35.3 Å². The van der Waals surface area contributed by atoms with E-state index >= 15 is 0 Å². The average molecular weight is 556 g/mol. The number of carboxylic acid groups (broad SMARTS) is 1. The van der Waals surface area contributed by atoms with E-state index < -0.39 is 34.6 Å². The minimum Gasteiger partial charge on any atom is -0.481 e. The van der Waals surface area contributed by atoms with Crippen molar-refractivity contribution in [3.8, 4) is 0 Å². The molecule has 2 N–H and O–H groups in total. The Balaban J connectivity index is 1.31. The number of carboxylic acids is 1. The van der Waals surface area contributed by atoms with Crippen LogP contribution in [0.15, 0.2) is 28.4 Å². The van der Waals surface area contributed by atoms with E-state index in [1.807, 2.05) is 33.8 Å². The second-order valence-electron chi connectivity index (χ2n) is 14.0. The van der Waals surface area contributed by atoms with E-state index in [1.165, 1.54) is 0 Å². The Bertz CT molecular complexity index is 1190. The van der Waals surface area contributed by atoms with Crippen molar-refractivity contribution >= 4 is 12.3 Å². The molecule has 8 heteroatoms. The summed E-state index contributed by atoms with van der Waals surface area (Å²) in [5, 5.41) is 22.4. The van der Waals surface area contributed by atoms with Crippen LogP contribution in [0.2, 0.25) is 0 Å². The smallest absolute Gasteiger partial charge is 0.315 e. The first-order valence-corrected chi connectivity index (χ1v) is 15.1. The normalized spacial score (nSPS) is 44.5. The van der Waals surface area contributed by atoms with E-state index in [9.17, 15) is 19.8 Å². The van der Waals surface area contributed by atoms with Crippen LogP contribution >= 0.6 is 0 Å². The van der Waals surface area contributed by atoms with Crippen molar-refractivity contribution in [1.82, 2.24) is 4.90 Å². The van der Waals surface area contributed by atoms with Crippen molar-refractivity contribution in [3.63, 3.8) is 0 Å². The van der Waals surface area contributed by atoms with E-state index in [4.69, 9.17) is 13.9 Å². The number of nitrogens with zero attached hydrogens (tertiary/aromatic N) is 1. The van der Waals surface area contributed by atoms with Gasteiger partial charge in [-0.3, -0.25) is 9.69 Å². The molecule has 10 atom stereocenters.